The van der Waals surface area contributed by atoms with Crippen LogP contribution < -0.4 is 19.7 Å². The van der Waals surface area contributed by atoms with Crippen molar-refractivity contribution in [2.24, 2.45) is 0 Å². The van der Waals surface area contributed by atoms with Gasteiger partial charge in [-0.15, -0.1) is 11.3 Å². The summed E-state index contributed by atoms with van der Waals surface area (Å²) in [6.45, 7) is 3.07. The van der Waals surface area contributed by atoms with Gasteiger partial charge in [-0.05, 0) is 61.9 Å². The highest BCUT2D eigenvalue weighted by Crippen LogP contribution is 2.34. The van der Waals surface area contributed by atoms with Gasteiger partial charge in [-0.3, -0.25) is 9.59 Å². The number of Topliss-reactive ketones (excluding diaryl/α,β-unsaturated/α-hetero) is 1. The number of ketones is 1. The van der Waals surface area contributed by atoms with Crippen molar-refractivity contribution in [2.75, 3.05) is 11.5 Å². The normalized spacial score (nSPS) is 12.2. The summed E-state index contributed by atoms with van der Waals surface area (Å²) < 4.78 is 5.55. The summed E-state index contributed by atoms with van der Waals surface area (Å²) in [6.07, 6.45) is 1.73. The molecule has 0 saturated heterocycles. The van der Waals surface area contributed by atoms with Gasteiger partial charge in [-0.2, -0.15) is 0 Å². The number of carbonyl (C=O) groups is 2. The van der Waals surface area contributed by atoms with Crippen LogP contribution in [0.5, 0.6) is 0 Å². The Kier molecular flexibility index (Phi) is 7.38. The Hall–Kier alpha value is -4.23. The fraction of sp³-hybridized carbons (Fsp3) is 0.107. The lowest BCUT2D eigenvalue weighted by atomic mass is 10.1. The number of carbonyl (C=O) groups excluding carboxylic acids is 2. The van der Waals surface area contributed by atoms with Crippen molar-refractivity contribution in [3.05, 3.63) is 110 Å². The van der Waals surface area contributed by atoms with Crippen molar-refractivity contribution in [1.82, 2.24) is 4.98 Å². The van der Waals surface area contributed by atoms with Crippen LogP contribution in [0.1, 0.15) is 19.4 Å². The number of thiazole rings is 1. The molecule has 0 saturated carbocycles. The number of para-hydroxylation sites is 2. The number of benzene rings is 3. The van der Waals surface area contributed by atoms with E-state index in [1.165, 1.54) is 6.92 Å². The minimum Gasteiger partial charge on any atom is -0.462 e. The minimum atomic E-state index is -0.740. The number of hydrogen-bond acceptors (Lipinski definition) is 6. The second-order valence-corrected chi connectivity index (χ2v) is 8.70. The smallest absolute Gasteiger partial charge is 0.344 e. The second kappa shape index (κ2) is 10.8. The number of H-pyrrole nitrogens is 1. The number of ether oxygens (including phenoxy) is 1. The van der Waals surface area contributed by atoms with Crippen LogP contribution in [0.4, 0.5) is 17.1 Å². The first-order valence-electron chi connectivity index (χ1n) is 11.1. The SMILES string of the molecule is CCOC(=O)C(C(C)=O)=c1[nH]c(=O)c(=Cc2ccc(N(c3ccccc3)c3ccccc3)cc2)s1. The van der Waals surface area contributed by atoms with Crippen LogP contribution in [0.25, 0.3) is 11.6 Å². The number of nitrogens with zero attached hydrogens (tertiary/aromatic N) is 1. The van der Waals surface area contributed by atoms with Crippen molar-refractivity contribution in [2.45, 2.75) is 13.8 Å². The third kappa shape index (κ3) is 5.47. The van der Waals surface area contributed by atoms with Gasteiger partial charge in [0.1, 0.15) is 10.2 Å². The van der Waals surface area contributed by atoms with Gasteiger partial charge in [-0.1, -0.05) is 48.5 Å². The fourth-order valence-electron chi connectivity index (χ4n) is 3.63. The Bertz CT molecular complexity index is 1470. The third-order valence-corrected chi connectivity index (χ3v) is 6.23. The summed E-state index contributed by atoms with van der Waals surface area (Å²) in [6, 6.07) is 28.0. The van der Waals surface area contributed by atoms with Crippen molar-refractivity contribution >= 4 is 51.8 Å². The van der Waals surface area contributed by atoms with E-state index in [2.05, 4.69) is 9.88 Å². The molecule has 1 aromatic heterocycles. The zero-order valence-corrected chi connectivity index (χ0v) is 20.2. The number of esters is 1. The molecule has 35 heavy (non-hydrogen) atoms. The molecule has 1 heterocycles. The van der Waals surface area contributed by atoms with Gasteiger partial charge in [0.15, 0.2) is 5.78 Å². The minimum absolute atomic E-state index is 0.138. The van der Waals surface area contributed by atoms with Gasteiger partial charge in [0, 0.05) is 17.1 Å². The topological polar surface area (TPSA) is 79.5 Å². The Balaban J connectivity index is 1.73. The van der Waals surface area contributed by atoms with Gasteiger partial charge >= 0.3 is 5.97 Å². The molecule has 176 valence electrons. The highest BCUT2D eigenvalue weighted by atomic mass is 32.1. The quantitative estimate of drug-likeness (QED) is 0.316. The standard InChI is InChI=1S/C28H24N2O4S/c1-3-34-28(33)25(19(2)31)27-29-26(32)24(35-27)18-20-14-16-23(17-15-20)30(21-10-6-4-7-11-21)22-12-8-5-9-13-22/h4-18H,3H2,1-2H3,(H,29,32). The van der Waals surface area contributed by atoms with Crippen molar-refractivity contribution in [1.29, 1.82) is 0 Å². The van der Waals surface area contributed by atoms with Gasteiger partial charge in [0.05, 0.1) is 11.1 Å². The van der Waals surface area contributed by atoms with E-state index in [9.17, 15) is 14.4 Å². The maximum absolute atomic E-state index is 12.5. The number of nitrogens with one attached hydrogen (secondary N) is 1. The van der Waals surface area contributed by atoms with Crippen molar-refractivity contribution in [3.8, 4) is 0 Å². The summed E-state index contributed by atoms with van der Waals surface area (Å²) >= 11 is 1.06. The first-order valence-corrected chi connectivity index (χ1v) is 11.9. The van der Waals surface area contributed by atoms with Crippen LogP contribution in [0, 0.1) is 0 Å². The first-order chi connectivity index (χ1) is 17.0. The molecule has 6 nitrogen and oxygen atoms in total. The monoisotopic (exact) mass is 484 g/mol. The molecule has 0 bridgehead atoms. The van der Waals surface area contributed by atoms with Crippen LogP contribution in [0.2, 0.25) is 0 Å². The molecular formula is C28H24N2O4S. The van der Waals surface area contributed by atoms with Crippen LogP contribution in [-0.2, 0) is 14.3 Å². The van der Waals surface area contributed by atoms with Gasteiger partial charge in [0.25, 0.3) is 5.56 Å². The Morgan fingerprint density at radius 2 is 1.43 bits per heavy atom. The molecule has 0 amide bonds. The summed E-state index contributed by atoms with van der Waals surface area (Å²) in [5.41, 5.74) is 3.32. The van der Waals surface area contributed by atoms with E-state index in [1.807, 2.05) is 84.9 Å². The molecule has 3 aromatic carbocycles. The first kappa shape index (κ1) is 23.9. The average molecular weight is 485 g/mol. The Morgan fingerprint density at radius 3 is 1.94 bits per heavy atom. The average Bonchev–Trinajstić information content (AvgIpc) is 3.21. The Labute approximate surface area is 206 Å². The predicted octanol–water partition coefficient (Wildman–Crippen LogP) is 4.04. The van der Waals surface area contributed by atoms with Gasteiger partial charge < -0.3 is 14.6 Å². The van der Waals surface area contributed by atoms with E-state index in [4.69, 9.17) is 4.74 Å². The molecule has 4 rings (SSSR count). The lowest BCUT2D eigenvalue weighted by molar-refractivity contribution is -0.137. The third-order valence-electron chi connectivity index (χ3n) is 5.20. The van der Waals surface area contributed by atoms with E-state index in [1.54, 1.807) is 13.0 Å². The highest BCUT2D eigenvalue weighted by molar-refractivity contribution is 7.07. The van der Waals surface area contributed by atoms with Crippen LogP contribution >= 0.6 is 11.3 Å². The zero-order chi connectivity index (χ0) is 24.8. The predicted molar refractivity (Wildman–Crippen MR) is 140 cm³/mol. The van der Waals surface area contributed by atoms with E-state index in [0.717, 1.165) is 34.0 Å². The largest absolute Gasteiger partial charge is 0.462 e. The van der Waals surface area contributed by atoms with E-state index in [-0.39, 0.29) is 22.4 Å². The molecule has 0 aliphatic heterocycles. The molecule has 0 spiro atoms. The van der Waals surface area contributed by atoms with E-state index >= 15 is 0 Å². The molecule has 0 aliphatic carbocycles. The van der Waals surface area contributed by atoms with Crippen LogP contribution in [0.15, 0.2) is 89.7 Å². The molecule has 1 N–H and O–H groups in total. The second-order valence-electron chi connectivity index (χ2n) is 7.64. The van der Waals surface area contributed by atoms with E-state index < -0.39 is 11.8 Å². The lowest BCUT2D eigenvalue weighted by Gasteiger charge is -2.25. The molecule has 0 aliphatic rings. The molecule has 0 atom stereocenters. The molecule has 4 aromatic rings. The number of anilines is 3. The van der Waals surface area contributed by atoms with E-state index in [0.29, 0.717) is 4.53 Å². The zero-order valence-electron chi connectivity index (χ0n) is 19.4. The summed E-state index contributed by atoms with van der Waals surface area (Å²) in [5.74, 6) is -1.20. The van der Waals surface area contributed by atoms with Crippen molar-refractivity contribution < 1.29 is 14.3 Å². The number of aromatic nitrogens is 1. The molecule has 7 heteroatoms. The fourth-order valence-corrected chi connectivity index (χ4v) is 4.66. The highest BCUT2D eigenvalue weighted by Gasteiger charge is 2.18. The number of rotatable bonds is 7. The lowest BCUT2D eigenvalue weighted by Crippen LogP contribution is -2.23. The van der Waals surface area contributed by atoms with Gasteiger partial charge in [0.2, 0.25) is 0 Å². The van der Waals surface area contributed by atoms with Crippen LogP contribution in [-0.4, -0.2) is 23.3 Å². The number of aromatic amines is 1. The molecule has 0 radical (unpaired) electrons. The molecule has 0 unspecified atom stereocenters. The molecule has 0 fully saturated rings. The number of hydrogen-bond donors (Lipinski definition) is 1. The maximum atomic E-state index is 12.5. The summed E-state index contributed by atoms with van der Waals surface area (Å²) in [5, 5.41) is 0. The van der Waals surface area contributed by atoms with Crippen molar-refractivity contribution in [3.63, 3.8) is 0 Å². The van der Waals surface area contributed by atoms with Gasteiger partial charge in [-0.25, -0.2) is 4.79 Å². The summed E-state index contributed by atoms with van der Waals surface area (Å²) in [4.78, 5) is 41.5. The molecular weight excluding hydrogens is 460 g/mol. The van der Waals surface area contributed by atoms with Crippen LogP contribution in [0.3, 0.4) is 0 Å². The summed E-state index contributed by atoms with van der Waals surface area (Å²) in [7, 11) is 0. The Morgan fingerprint density at radius 1 is 0.886 bits per heavy atom. The maximum Gasteiger partial charge on any atom is 0.344 e.